The van der Waals surface area contributed by atoms with Gasteiger partial charge in [-0.2, -0.15) is 0 Å². The van der Waals surface area contributed by atoms with Gasteiger partial charge in [0.05, 0.1) is 36.2 Å². The molecular weight excluding hydrogens is 457 g/mol. The van der Waals surface area contributed by atoms with Gasteiger partial charge < -0.3 is 10.4 Å². The van der Waals surface area contributed by atoms with Crippen molar-refractivity contribution in [3.8, 4) is 0 Å². The Morgan fingerprint density at radius 2 is 1.46 bits per heavy atom. The second-order valence-corrected chi connectivity index (χ2v) is 6.72. The van der Waals surface area contributed by atoms with Gasteiger partial charge in [-0.3, -0.25) is 4.79 Å². The number of hydrogen-bond donors (Lipinski definition) is 2. The molecule has 0 aromatic heterocycles. The van der Waals surface area contributed by atoms with Crippen molar-refractivity contribution in [3.05, 3.63) is 60.0 Å². The van der Waals surface area contributed by atoms with Crippen LogP contribution in [0.5, 0.6) is 0 Å². The van der Waals surface area contributed by atoms with E-state index < -0.39 is 45.0 Å². The van der Waals surface area contributed by atoms with Gasteiger partial charge in [0.1, 0.15) is 0 Å². The first-order chi connectivity index (χ1) is 12.1. The third-order valence-corrected chi connectivity index (χ3v) is 5.33. The maximum absolute atomic E-state index is 12.7. The Bertz CT molecular complexity index is 921. The summed E-state index contributed by atoms with van der Waals surface area (Å²) in [6.07, 6.45) is -2.80. The fraction of sp³-hybridized carbons (Fsp3) is 0.0667. The summed E-state index contributed by atoms with van der Waals surface area (Å²) in [6.45, 7) is 0. The molecular formula is C15H6Cl5F2NO3. The summed E-state index contributed by atoms with van der Waals surface area (Å²) in [4.78, 5) is 24.0. The minimum Gasteiger partial charge on any atom is -0.478 e. The van der Waals surface area contributed by atoms with E-state index in [4.69, 9.17) is 58.0 Å². The van der Waals surface area contributed by atoms with Crippen LogP contribution in [0.15, 0.2) is 18.2 Å². The summed E-state index contributed by atoms with van der Waals surface area (Å²) in [7, 11) is 0. The fourth-order valence-electron chi connectivity index (χ4n) is 2.02. The van der Waals surface area contributed by atoms with Gasteiger partial charge in [-0.15, -0.1) is 0 Å². The standard InChI is InChI=1S/C15H6Cl5F2NO3/c16-6-3-4(1-2-5(6)13(21)22)23-14(24)7-8(15(25)26)10(18)12(20)11(19)9(7)17/h1-3,13H,(H,23,24)(H,25,26). The van der Waals surface area contributed by atoms with Crippen molar-refractivity contribution in [1.82, 2.24) is 0 Å². The van der Waals surface area contributed by atoms with Crippen molar-refractivity contribution < 1.29 is 23.5 Å². The van der Waals surface area contributed by atoms with Crippen LogP contribution in [0, 0.1) is 0 Å². The van der Waals surface area contributed by atoms with Crippen LogP contribution in [0.3, 0.4) is 0 Å². The molecule has 26 heavy (non-hydrogen) atoms. The summed E-state index contributed by atoms with van der Waals surface area (Å²) in [5.41, 5.74) is -1.59. The van der Waals surface area contributed by atoms with E-state index in [0.717, 1.165) is 12.1 Å². The van der Waals surface area contributed by atoms with E-state index in [1.165, 1.54) is 6.07 Å². The maximum atomic E-state index is 12.7. The van der Waals surface area contributed by atoms with Crippen molar-refractivity contribution >= 4 is 75.6 Å². The first-order valence-corrected chi connectivity index (χ1v) is 8.43. The van der Waals surface area contributed by atoms with Crippen LogP contribution in [-0.2, 0) is 0 Å². The molecule has 11 heteroatoms. The molecule has 0 fully saturated rings. The first-order valence-electron chi connectivity index (χ1n) is 6.54. The topological polar surface area (TPSA) is 66.4 Å². The summed E-state index contributed by atoms with van der Waals surface area (Å²) in [5.74, 6) is -2.56. The van der Waals surface area contributed by atoms with E-state index in [-0.39, 0.29) is 20.8 Å². The van der Waals surface area contributed by atoms with Gasteiger partial charge in [-0.25, -0.2) is 13.6 Å². The van der Waals surface area contributed by atoms with Crippen molar-refractivity contribution in [2.24, 2.45) is 0 Å². The molecule has 0 unspecified atom stereocenters. The zero-order chi connectivity index (χ0) is 19.8. The molecule has 0 saturated carbocycles. The van der Waals surface area contributed by atoms with Crippen LogP contribution in [0.2, 0.25) is 25.1 Å². The Hall–Kier alpha value is -1.31. The van der Waals surface area contributed by atoms with Gasteiger partial charge in [0.2, 0.25) is 0 Å². The molecule has 0 spiro atoms. The lowest BCUT2D eigenvalue weighted by Crippen LogP contribution is -2.18. The largest absolute Gasteiger partial charge is 0.478 e. The first kappa shape index (κ1) is 21.0. The molecule has 0 aliphatic rings. The number of hydrogen-bond acceptors (Lipinski definition) is 2. The van der Waals surface area contributed by atoms with E-state index in [9.17, 15) is 23.5 Å². The molecule has 0 saturated heterocycles. The van der Waals surface area contributed by atoms with Gasteiger partial charge in [0.25, 0.3) is 12.3 Å². The van der Waals surface area contributed by atoms with Gasteiger partial charge in [0, 0.05) is 11.3 Å². The van der Waals surface area contributed by atoms with Crippen molar-refractivity contribution in [2.75, 3.05) is 5.32 Å². The monoisotopic (exact) mass is 461 g/mol. The van der Waals surface area contributed by atoms with E-state index in [2.05, 4.69) is 5.32 Å². The van der Waals surface area contributed by atoms with Gasteiger partial charge >= 0.3 is 5.97 Å². The van der Waals surface area contributed by atoms with Gasteiger partial charge in [-0.1, -0.05) is 58.0 Å². The Labute approximate surface area is 170 Å². The highest BCUT2D eigenvalue weighted by molar-refractivity contribution is 6.54. The molecule has 0 aliphatic heterocycles. The number of amides is 1. The minimum atomic E-state index is -2.80. The fourth-order valence-corrected chi connectivity index (χ4v) is 3.30. The molecule has 0 aliphatic carbocycles. The molecule has 1 amide bonds. The number of aromatic carboxylic acids is 1. The summed E-state index contributed by atoms with van der Waals surface area (Å²) in [5, 5.41) is 9.81. The summed E-state index contributed by atoms with van der Waals surface area (Å²) >= 11 is 29.2. The van der Waals surface area contributed by atoms with Crippen LogP contribution >= 0.6 is 58.0 Å². The quantitative estimate of drug-likeness (QED) is 0.385. The molecule has 0 atom stereocenters. The number of anilines is 1. The lowest BCUT2D eigenvalue weighted by molar-refractivity contribution is 0.0692. The predicted molar refractivity (Wildman–Crippen MR) is 97.8 cm³/mol. The molecule has 0 bridgehead atoms. The van der Waals surface area contributed by atoms with Crippen LogP contribution in [0.1, 0.15) is 32.7 Å². The molecule has 2 aromatic rings. The Balaban J connectivity index is 2.51. The Morgan fingerprint density at radius 3 is 1.92 bits per heavy atom. The highest BCUT2D eigenvalue weighted by Crippen LogP contribution is 2.42. The molecule has 0 heterocycles. The molecule has 138 valence electrons. The zero-order valence-electron chi connectivity index (χ0n) is 12.2. The van der Waals surface area contributed by atoms with Crippen molar-refractivity contribution in [1.29, 1.82) is 0 Å². The number of alkyl halides is 2. The average Bonchev–Trinajstić information content (AvgIpc) is 2.55. The van der Waals surface area contributed by atoms with Crippen LogP contribution < -0.4 is 5.32 Å². The molecule has 4 nitrogen and oxygen atoms in total. The Kier molecular flexibility index (Phi) is 6.58. The smallest absolute Gasteiger partial charge is 0.338 e. The summed E-state index contributed by atoms with van der Waals surface area (Å²) < 4.78 is 25.4. The number of nitrogens with one attached hydrogen (secondary N) is 1. The van der Waals surface area contributed by atoms with E-state index in [1.807, 2.05) is 0 Å². The lowest BCUT2D eigenvalue weighted by Gasteiger charge is -2.14. The van der Waals surface area contributed by atoms with Gasteiger partial charge in [0.15, 0.2) is 0 Å². The number of halogens is 7. The second kappa shape index (κ2) is 8.15. The number of carbonyl (C=O) groups is 2. The molecule has 2 N–H and O–H groups in total. The third kappa shape index (κ3) is 4.00. The molecule has 2 rings (SSSR count). The second-order valence-electron chi connectivity index (χ2n) is 4.80. The highest BCUT2D eigenvalue weighted by atomic mass is 35.5. The SMILES string of the molecule is O=C(O)c1c(Cl)c(Cl)c(Cl)c(Cl)c1C(=O)Nc1ccc(C(F)F)c(Cl)c1. The van der Waals surface area contributed by atoms with Crippen LogP contribution in [0.4, 0.5) is 14.5 Å². The lowest BCUT2D eigenvalue weighted by atomic mass is 10.1. The highest BCUT2D eigenvalue weighted by Gasteiger charge is 2.29. The van der Waals surface area contributed by atoms with Gasteiger partial charge in [-0.05, 0) is 18.2 Å². The number of carboxylic acids is 1. The van der Waals surface area contributed by atoms with Crippen molar-refractivity contribution in [3.63, 3.8) is 0 Å². The Morgan fingerprint density at radius 1 is 0.923 bits per heavy atom. The number of carboxylic acid groups (broad SMARTS) is 1. The maximum Gasteiger partial charge on any atom is 0.338 e. The zero-order valence-corrected chi connectivity index (χ0v) is 16.0. The minimum absolute atomic E-state index is 0.0269. The van der Waals surface area contributed by atoms with Crippen molar-refractivity contribution in [2.45, 2.75) is 6.43 Å². The van der Waals surface area contributed by atoms with E-state index >= 15 is 0 Å². The number of rotatable bonds is 4. The summed E-state index contributed by atoms with van der Waals surface area (Å²) in [6, 6.07) is 3.26. The normalized spacial score (nSPS) is 10.9. The average molecular weight is 463 g/mol. The molecule has 0 radical (unpaired) electrons. The predicted octanol–water partition coefficient (Wildman–Crippen LogP) is 6.84. The third-order valence-electron chi connectivity index (χ3n) is 3.20. The van der Waals surface area contributed by atoms with Crippen LogP contribution in [-0.4, -0.2) is 17.0 Å². The van der Waals surface area contributed by atoms with E-state index in [0.29, 0.717) is 0 Å². The van der Waals surface area contributed by atoms with Crippen LogP contribution in [0.25, 0.3) is 0 Å². The van der Waals surface area contributed by atoms with E-state index in [1.54, 1.807) is 0 Å². The molecule has 2 aromatic carbocycles. The number of benzene rings is 2. The number of carbonyl (C=O) groups excluding carboxylic acids is 1.